The smallest absolute Gasteiger partial charge is 0.0621 e. The Balaban J connectivity index is 2.43. The highest BCUT2D eigenvalue weighted by Gasteiger charge is 1.91. The Hall–Kier alpha value is -1.29. The number of aryl methyl sites for hydroxylation is 2. The first-order valence-electron chi connectivity index (χ1n) is 4.25. The third-order valence-electron chi connectivity index (χ3n) is 1.87. The van der Waals surface area contributed by atoms with Crippen LogP contribution in [0.25, 0.3) is 0 Å². The van der Waals surface area contributed by atoms with Crippen molar-refractivity contribution in [1.29, 1.82) is 5.26 Å². The van der Waals surface area contributed by atoms with Crippen LogP contribution in [0, 0.1) is 18.3 Å². The third kappa shape index (κ3) is 2.75. The van der Waals surface area contributed by atoms with Gasteiger partial charge in [0.2, 0.25) is 0 Å². The predicted molar refractivity (Wildman–Crippen MR) is 49.7 cm³/mol. The molecular formula is C11H13N. The lowest BCUT2D eigenvalue weighted by molar-refractivity contribution is 0.850. The molecule has 0 aliphatic heterocycles. The zero-order chi connectivity index (χ0) is 8.81. The molecule has 0 aliphatic carbocycles. The highest BCUT2D eigenvalue weighted by Crippen LogP contribution is 2.06. The SMILES string of the molecule is Cc1ccc(CCCC#N)cc1. The van der Waals surface area contributed by atoms with E-state index in [1.165, 1.54) is 11.1 Å². The summed E-state index contributed by atoms with van der Waals surface area (Å²) in [7, 11) is 0. The first kappa shape index (κ1) is 8.80. The minimum absolute atomic E-state index is 0.661. The molecule has 0 heterocycles. The van der Waals surface area contributed by atoms with Gasteiger partial charge < -0.3 is 0 Å². The molecule has 0 radical (unpaired) electrons. The maximum atomic E-state index is 8.34. The summed E-state index contributed by atoms with van der Waals surface area (Å²) < 4.78 is 0. The molecule has 1 aromatic carbocycles. The van der Waals surface area contributed by atoms with E-state index in [9.17, 15) is 0 Å². The highest BCUT2D eigenvalue weighted by atomic mass is 14.2. The molecule has 0 N–H and O–H groups in total. The van der Waals surface area contributed by atoms with Gasteiger partial charge in [-0.05, 0) is 25.3 Å². The molecule has 0 atom stereocenters. The maximum Gasteiger partial charge on any atom is 0.0621 e. The van der Waals surface area contributed by atoms with Gasteiger partial charge in [0.1, 0.15) is 0 Å². The Kier molecular flexibility index (Phi) is 3.35. The lowest BCUT2D eigenvalue weighted by Crippen LogP contribution is -1.84. The van der Waals surface area contributed by atoms with Crippen molar-refractivity contribution in [3.8, 4) is 6.07 Å². The van der Waals surface area contributed by atoms with E-state index in [-0.39, 0.29) is 0 Å². The van der Waals surface area contributed by atoms with Crippen LogP contribution in [-0.2, 0) is 6.42 Å². The van der Waals surface area contributed by atoms with Gasteiger partial charge in [0, 0.05) is 6.42 Å². The molecular weight excluding hydrogens is 146 g/mol. The molecule has 0 saturated carbocycles. The molecule has 1 rings (SSSR count). The first-order valence-corrected chi connectivity index (χ1v) is 4.25. The van der Waals surface area contributed by atoms with Crippen molar-refractivity contribution in [2.24, 2.45) is 0 Å². The number of unbranched alkanes of at least 4 members (excludes halogenated alkanes) is 1. The zero-order valence-corrected chi connectivity index (χ0v) is 7.38. The molecule has 1 nitrogen and oxygen atoms in total. The van der Waals surface area contributed by atoms with E-state index in [4.69, 9.17) is 5.26 Å². The molecule has 0 saturated heterocycles. The summed E-state index contributed by atoms with van der Waals surface area (Å²) in [6.45, 7) is 2.08. The van der Waals surface area contributed by atoms with Crippen molar-refractivity contribution >= 4 is 0 Å². The fourth-order valence-electron chi connectivity index (χ4n) is 1.13. The number of rotatable bonds is 3. The van der Waals surface area contributed by atoms with Crippen LogP contribution in [0.5, 0.6) is 0 Å². The van der Waals surface area contributed by atoms with E-state index >= 15 is 0 Å². The summed E-state index contributed by atoms with van der Waals surface area (Å²) in [5.41, 5.74) is 2.62. The summed E-state index contributed by atoms with van der Waals surface area (Å²) in [6.07, 6.45) is 2.65. The van der Waals surface area contributed by atoms with E-state index < -0.39 is 0 Å². The Bertz CT molecular complexity index is 266. The van der Waals surface area contributed by atoms with Crippen molar-refractivity contribution < 1.29 is 0 Å². The quantitative estimate of drug-likeness (QED) is 0.622. The molecule has 0 aromatic heterocycles. The summed E-state index contributed by atoms with van der Waals surface area (Å²) in [5.74, 6) is 0. The zero-order valence-electron chi connectivity index (χ0n) is 7.38. The molecule has 0 bridgehead atoms. The van der Waals surface area contributed by atoms with E-state index in [0.717, 1.165) is 12.8 Å². The lowest BCUT2D eigenvalue weighted by Gasteiger charge is -1.98. The predicted octanol–water partition coefficient (Wildman–Crippen LogP) is 2.84. The van der Waals surface area contributed by atoms with Crippen molar-refractivity contribution in [3.05, 3.63) is 35.4 Å². The van der Waals surface area contributed by atoms with Crippen LogP contribution in [0.4, 0.5) is 0 Å². The van der Waals surface area contributed by atoms with Gasteiger partial charge in [-0.25, -0.2) is 0 Å². The summed E-state index contributed by atoms with van der Waals surface area (Å²) in [5, 5.41) is 8.34. The van der Waals surface area contributed by atoms with Crippen LogP contribution in [0.15, 0.2) is 24.3 Å². The van der Waals surface area contributed by atoms with Crippen LogP contribution in [0.2, 0.25) is 0 Å². The Morgan fingerprint density at radius 1 is 1.25 bits per heavy atom. The largest absolute Gasteiger partial charge is 0.198 e. The van der Waals surface area contributed by atoms with Crippen molar-refractivity contribution in [2.75, 3.05) is 0 Å². The van der Waals surface area contributed by atoms with Crippen molar-refractivity contribution in [1.82, 2.24) is 0 Å². The van der Waals surface area contributed by atoms with Crippen LogP contribution in [0.3, 0.4) is 0 Å². The molecule has 0 fully saturated rings. The van der Waals surface area contributed by atoms with Gasteiger partial charge >= 0.3 is 0 Å². The van der Waals surface area contributed by atoms with Crippen LogP contribution >= 0.6 is 0 Å². The summed E-state index contributed by atoms with van der Waals surface area (Å²) in [4.78, 5) is 0. The lowest BCUT2D eigenvalue weighted by atomic mass is 10.1. The number of hydrogen-bond acceptors (Lipinski definition) is 1. The molecule has 1 aromatic rings. The summed E-state index contributed by atoms with van der Waals surface area (Å²) in [6, 6.07) is 10.6. The average molecular weight is 159 g/mol. The van der Waals surface area contributed by atoms with Gasteiger partial charge in [-0.1, -0.05) is 29.8 Å². The Morgan fingerprint density at radius 3 is 2.50 bits per heavy atom. The number of nitrogens with zero attached hydrogens (tertiary/aromatic N) is 1. The molecule has 12 heavy (non-hydrogen) atoms. The standard InChI is InChI=1S/C11H13N/c1-10-5-7-11(8-6-10)4-2-3-9-12/h5-8H,2-4H2,1H3. The van der Waals surface area contributed by atoms with Gasteiger partial charge in [-0.15, -0.1) is 0 Å². The Labute approximate surface area is 73.6 Å². The molecule has 0 amide bonds. The van der Waals surface area contributed by atoms with Crippen LogP contribution in [-0.4, -0.2) is 0 Å². The normalized spacial score (nSPS) is 9.33. The van der Waals surface area contributed by atoms with E-state index in [1.807, 2.05) is 0 Å². The second kappa shape index (κ2) is 4.56. The molecule has 0 unspecified atom stereocenters. The van der Waals surface area contributed by atoms with Crippen molar-refractivity contribution in [2.45, 2.75) is 26.2 Å². The fraction of sp³-hybridized carbons (Fsp3) is 0.364. The monoisotopic (exact) mass is 159 g/mol. The average Bonchev–Trinajstić information content (AvgIpc) is 2.09. The highest BCUT2D eigenvalue weighted by molar-refractivity contribution is 5.21. The second-order valence-corrected chi connectivity index (χ2v) is 3.00. The fourth-order valence-corrected chi connectivity index (χ4v) is 1.13. The van der Waals surface area contributed by atoms with Gasteiger partial charge in [-0.3, -0.25) is 0 Å². The van der Waals surface area contributed by atoms with Crippen molar-refractivity contribution in [3.63, 3.8) is 0 Å². The minimum atomic E-state index is 0.661. The van der Waals surface area contributed by atoms with Gasteiger partial charge in [0.25, 0.3) is 0 Å². The minimum Gasteiger partial charge on any atom is -0.198 e. The van der Waals surface area contributed by atoms with Crippen LogP contribution < -0.4 is 0 Å². The first-order chi connectivity index (χ1) is 5.83. The number of nitriles is 1. The Morgan fingerprint density at radius 2 is 1.92 bits per heavy atom. The van der Waals surface area contributed by atoms with Crippen LogP contribution in [0.1, 0.15) is 24.0 Å². The van der Waals surface area contributed by atoms with Gasteiger partial charge in [-0.2, -0.15) is 5.26 Å². The third-order valence-corrected chi connectivity index (χ3v) is 1.87. The molecule has 62 valence electrons. The second-order valence-electron chi connectivity index (χ2n) is 3.00. The van der Waals surface area contributed by atoms with Gasteiger partial charge in [0.15, 0.2) is 0 Å². The molecule has 0 spiro atoms. The van der Waals surface area contributed by atoms with Gasteiger partial charge in [0.05, 0.1) is 6.07 Å². The summed E-state index contributed by atoms with van der Waals surface area (Å²) >= 11 is 0. The number of hydrogen-bond donors (Lipinski definition) is 0. The van der Waals surface area contributed by atoms with E-state index in [0.29, 0.717) is 6.42 Å². The molecule has 0 aliphatic rings. The number of benzene rings is 1. The van der Waals surface area contributed by atoms with E-state index in [1.54, 1.807) is 0 Å². The topological polar surface area (TPSA) is 23.8 Å². The van der Waals surface area contributed by atoms with E-state index in [2.05, 4.69) is 37.3 Å². The molecule has 1 heteroatoms. The maximum absolute atomic E-state index is 8.34.